The lowest BCUT2D eigenvalue weighted by Gasteiger charge is -2.33. The maximum Gasteiger partial charge on any atom is 0.148 e. The van der Waals surface area contributed by atoms with Crippen molar-refractivity contribution in [3.8, 4) is 0 Å². The van der Waals surface area contributed by atoms with Crippen LogP contribution in [0.2, 0.25) is 0 Å². The number of anilines is 2. The van der Waals surface area contributed by atoms with E-state index in [2.05, 4.69) is 43.0 Å². The second-order valence-corrected chi connectivity index (χ2v) is 4.75. The molecule has 94 valence electrons. The number of hydrogen-bond acceptors (Lipinski definition) is 5. The van der Waals surface area contributed by atoms with E-state index >= 15 is 0 Å². The van der Waals surface area contributed by atoms with Crippen LogP contribution in [0.15, 0.2) is 10.8 Å². The van der Waals surface area contributed by atoms with Crippen LogP contribution in [-0.4, -0.2) is 42.8 Å². The minimum Gasteiger partial charge on any atom is -0.375 e. The third-order valence-corrected chi connectivity index (χ3v) is 3.63. The van der Waals surface area contributed by atoms with Crippen molar-refractivity contribution in [3.63, 3.8) is 0 Å². The Morgan fingerprint density at radius 1 is 1.59 bits per heavy atom. The molecular weight excluding hydrogens is 284 g/mol. The number of ether oxygens (including phenoxy) is 1. The summed E-state index contributed by atoms with van der Waals surface area (Å²) >= 11 is 3.55. The quantitative estimate of drug-likeness (QED) is 0.924. The molecule has 17 heavy (non-hydrogen) atoms. The van der Waals surface area contributed by atoms with E-state index in [0.717, 1.165) is 42.2 Å². The zero-order valence-corrected chi connectivity index (χ0v) is 11.7. The molecule has 1 aromatic heterocycles. The largest absolute Gasteiger partial charge is 0.375 e. The van der Waals surface area contributed by atoms with Crippen molar-refractivity contribution in [1.82, 2.24) is 9.97 Å². The van der Waals surface area contributed by atoms with Gasteiger partial charge in [0, 0.05) is 20.1 Å². The van der Waals surface area contributed by atoms with E-state index in [0.29, 0.717) is 6.10 Å². The highest BCUT2D eigenvalue weighted by atomic mass is 79.9. The Hall–Kier alpha value is -0.880. The van der Waals surface area contributed by atoms with Gasteiger partial charge in [-0.05, 0) is 22.4 Å². The number of rotatable bonds is 3. The summed E-state index contributed by atoms with van der Waals surface area (Å²) in [5, 5.41) is 3.04. The molecule has 1 aliphatic heterocycles. The van der Waals surface area contributed by atoms with Gasteiger partial charge in [0.15, 0.2) is 0 Å². The summed E-state index contributed by atoms with van der Waals surface area (Å²) in [4.78, 5) is 10.8. The molecule has 1 aromatic rings. The summed E-state index contributed by atoms with van der Waals surface area (Å²) in [6.45, 7) is 4.65. The lowest BCUT2D eigenvalue weighted by molar-refractivity contribution is 0.0381. The summed E-state index contributed by atoms with van der Waals surface area (Å²) in [5.41, 5.74) is 0. The van der Waals surface area contributed by atoms with Gasteiger partial charge < -0.3 is 15.0 Å². The first kappa shape index (κ1) is 12.6. The number of hydrogen-bond donors (Lipinski definition) is 1. The molecule has 2 heterocycles. The van der Waals surface area contributed by atoms with Crippen molar-refractivity contribution in [3.05, 3.63) is 10.8 Å². The Balaban J connectivity index is 2.21. The predicted octanol–water partition coefficient (Wildman–Crippen LogP) is 1.90. The van der Waals surface area contributed by atoms with Crippen molar-refractivity contribution in [2.75, 3.05) is 37.0 Å². The Labute approximate surface area is 110 Å². The summed E-state index contributed by atoms with van der Waals surface area (Å²) in [7, 11) is 1.85. The van der Waals surface area contributed by atoms with Crippen molar-refractivity contribution in [2.24, 2.45) is 0 Å². The Morgan fingerprint density at radius 2 is 2.41 bits per heavy atom. The van der Waals surface area contributed by atoms with Gasteiger partial charge in [-0.15, -0.1) is 0 Å². The van der Waals surface area contributed by atoms with E-state index < -0.39 is 0 Å². The van der Waals surface area contributed by atoms with Crippen LogP contribution in [0.3, 0.4) is 0 Å². The summed E-state index contributed by atoms with van der Waals surface area (Å²) in [5.74, 6) is 1.75. The average molecular weight is 301 g/mol. The Morgan fingerprint density at radius 3 is 3.12 bits per heavy atom. The first-order valence-electron chi connectivity index (χ1n) is 5.81. The number of nitrogens with one attached hydrogen (secondary N) is 1. The number of nitrogens with zero attached hydrogens (tertiary/aromatic N) is 3. The van der Waals surface area contributed by atoms with E-state index in [9.17, 15) is 0 Å². The molecule has 1 aliphatic rings. The molecule has 1 atom stereocenters. The molecule has 1 saturated heterocycles. The van der Waals surface area contributed by atoms with Gasteiger partial charge in [-0.25, -0.2) is 9.97 Å². The molecule has 0 bridgehead atoms. The van der Waals surface area contributed by atoms with Crippen LogP contribution in [0.4, 0.5) is 11.6 Å². The molecule has 1 N–H and O–H groups in total. The molecule has 0 spiro atoms. The van der Waals surface area contributed by atoms with Gasteiger partial charge in [0.1, 0.15) is 22.4 Å². The molecular formula is C11H17BrN4O. The smallest absolute Gasteiger partial charge is 0.148 e. The highest BCUT2D eigenvalue weighted by Gasteiger charge is 2.22. The number of halogens is 1. The molecule has 5 nitrogen and oxygen atoms in total. The van der Waals surface area contributed by atoms with Crippen LogP contribution in [0.1, 0.15) is 13.3 Å². The normalized spacial score (nSPS) is 20.4. The molecule has 1 unspecified atom stereocenters. The fraction of sp³-hybridized carbons (Fsp3) is 0.636. The van der Waals surface area contributed by atoms with Gasteiger partial charge in [0.25, 0.3) is 0 Å². The second kappa shape index (κ2) is 5.64. The van der Waals surface area contributed by atoms with Crippen LogP contribution in [-0.2, 0) is 4.74 Å². The van der Waals surface area contributed by atoms with Gasteiger partial charge in [0.05, 0.1) is 12.7 Å². The minimum atomic E-state index is 0.295. The summed E-state index contributed by atoms with van der Waals surface area (Å²) < 4.78 is 6.58. The maximum absolute atomic E-state index is 5.66. The van der Waals surface area contributed by atoms with Crippen molar-refractivity contribution >= 4 is 27.6 Å². The zero-order chi connectivity index (χ0) is 12.3. The fourth-order valence-corrected chi connectivity index (χ4v) is 2.57. The van der Waals surface area contributed by atoms with Crippen LogP contribution in [0.5, 0.6) is 0 Å². The fourth-order valence-electron chi connectivity index (χ4n) is 1.91. The van der Waals surface area contributed by atoms with Crippen molar-refractivity contribution in [2.45, 2.75) is 19.4 Å². The van der Waals surface area contributed by atoms with Crippen molar-refractivity contribution < 1.29 is 4.74 Å². The van der Waals surface area contributed by atoms with E-state index in [4.69, 9.17) is 4.74 Å². The molecule has 0 radical (unpaired) electrons. The maximum atomic E-state index is 5.66. The van der Waals surface area contributed by atoms with Gasteiger partial charge in [-0.1, -0.05) is 6.92 Å². The summed E-state index contributed by atoms with van der Waals surface area (Å²) in [6, 6.07) is 0. The van der Waals surface area contributed by atoms with Crippen LogP contribution < -0.4 is 10.2 Å². The standard InChI is InChI=1S/C11H17BrN4O/c1-3-8-6-16(4-5-17-8)11-9(12)10(13-2)14-7-15-11/h7-8H,3-6H2,1-2H3,(H,13,14,15). The Kier molecular flexibility index (Phi) is 4.17. The number of morpholine rings is 1. The molecule has 0 aliphatic carbocycles. The lowest BCUT2D eigenvalue weighted by atomic mass is 10.2. The van der Waals surface area contributed by atoms with Gasteiger partial charge in [0.2, 0.25) is 0 Å². The SMILES string of the molecule is CCC1CN(c2ncnc(NC)c2Br)CCO1. The molecule has 0 saturated carbocycles. The monoisotopic (exact) mass is 300 g/mol. The topological polar surface area (TPSA) is 50.3 Å². The highest BCUT2D eigenvalue weighted by molar-refractivity contribution is 9.10. The van der Waals surface area contributed by atoms with Crippen LogP contribution in [0.25, 0.3) is 0 Å². The first-order chi connectivity index (χ1) is 8.26. The second-order valence-electron chi connectivity index (χ2n) is 3.96. The lowest BCUT2D eigenvalue weighted by Crippen LogP contribution is -2.42. The van der Waals surface area contributed by atoms with Crippen LogP contribution >= 0.6 is 15.9 Å². The minimum absolute atomic E-state index is 0.295. The number of aromatic nitrogens is 2. The molecule has 1 fully saturated rings. The van der Waals surface area contributed by atoms with E-state index in [-0.39, 0.29) is 0 Å². The highest BCUT2D eigenvalue weighted by Crippen LogP contribution is 2.30. The Bertz CT molecular complexity index is 388. The summed E-state index contributed by atoms with van der Waals surface area (Å²) in [6.07, 6.45) is 2.91. The first-order valence-corrected chi connectivity index (χ1v) is 6.60. The molecule has 2 rings (SSSR count). The van der Waals surface area contributed by atoms with Gasteiger partial charge in [-0.2, -0.15) is 0 Å². The van der Waals surface area contributed by atoms with Crippen molar-refractivity contribution in [1.29, 1.82) is 0 Å². The van der Waals surface area contributed by atoms with Gasteiger partial charge >= 0.3 is 0 Å². The average Bonchev–Trinajstić information content (AvgIpc) is 2.39. The third-order valence-electron chi connectivity index (χ3n) is 2.90. The van der Waals surface area contributed by atoms with E-state index in [1.54, 1.807) is 6.33 Å². The molecule has 6 heteroatoms. The molecule has 0 aromatic carbocycles. The predicted molar refractivity (Wildman–Crippen MR) is 71.5 cm³/mol. The molecule has 0 amide bonds. The zero-order valence-electron chi connectivity index (χ0n) is 10.1. The van der Waals surface area contributed by atoms with E-state index in [1.165, 1.54) is 0 Å². The van der Waals surface area contributed by atoms with E-state index in [1.807, 2.05) is 7.05 Å². The van der Waals surface area contributed by atoms with Gasteiger partial charge in [-0.3, -0.25) is 0 Å². The van der Waals surface area contributed by atoms with Crippen LogP contribution in [0, 0.1) is 0 Å². The third kappa shape index (κ3) is 2.69.